The molecule has 0 spiro atoms. The van der Waals surface area contributed by atoms with Crippen LogP contribution in [0.4, 0.5) is 5.82 Å². The van der Waals surface area contributed by atoms with Crippen LogP contribution in [-0.4, -0.2) is 30.1 Å². The minimum atomic E-state index is -0.0943. The Morgan fingerprint density at radius 1 is 1.63 bits per heavy atom. The zero-order chi connectivity index (χ0) is 13.8. The van der Waals surface area contributed by atoms with Crippen LogP contribution in [-0.2, 0) is 11.2 Å². The monoisotopic (exact) mass is 263 g/mol. The summed E-state index contributed by atoms with van der Waals surface area (Å²) in [6.07, 6.45) is 1.76. The average molecular weight is 263 g/mol. The lowest BCUT2D eigenvalue weighted by Crippen LogP contribution is -2.38. The van der Waals surface area contributed by atoms with Gasteiger partial charge in [-0.3, -0.25) is 4.79 Å². The molecule has 1 fully saturated rings. The van der Waals surface area contributed by atoms with Gasteiger partial charge in [0.1, 0.15) is 5.82 Å². The van der Waals surface area contributed by atoms with Crippen LogP contribution >= 0.6 is 0 Å². The number of aryl methyl sites for hydroxylation is 1. The van der Waals surface area contributed by atoms with Crippen molar-refractivity contribution in [2.75, 3.05) is 18.9 Å². The van der Waals surface area contributed by atoms with E-state index in [1.165, 1.54) is 0 Å². The standard InChI is InChI=1S/C14H21N3O2/c1-3-12-6-11(7-13(15)17-12)14(18)16-9(2)10-4-5-19-8-10/h6-7,9-10H,3-5,8H2,1-2H3,(H2,15,17)(H,16,18). The van der Waals surface area contributed by atoms with E-state index in [9.17, 15) is 4.79 Å². The molecule has 1 aliphatic rings. The molecule has 1 aromatic heterocycles. The molecule has 0 bridgehead atoms. The number of aromatic nitrogens is 1. The van der Waals surface area contributed by atoms with Gasteiger partial charge in [-0.1, -0.05) is 6.92 Å². The van der Waals surface area contributed by atoms with Crippen LogP contribution in [0, 0.1) is 5.92 Å². The molecular weight excluding hydrogens is 242 g/mol. The molecule has 104 valence electrons. The van der Waals surface area contributed by atoms with E-state index in [4.69, 9.17) is 10.5 Å². The predicted octanol–water partition coefficient (Wildman–Crippen LogP) is 1.38. The highest BCUT2D eigenvalue weighted by Gasteiger charge is 2.24. The molecule has 1 amide bonds. The molecule has 0 aromatic carbocycles. The lowest BCUT2D eigenvalue weighted by molar-refractivity contribution is 0.0922. The molecule has 5 nitrogen and oxygen atoms in total. The third kappa shape index (κ3) is 3.44. The maximum atomic E-state index is 12.2. The predicted molar refractivity (Wildman–Crippen MR) is 73.9 cm³/mol. The number of carbonyl (C=O) groups excluding carboxylic acids is 1. The van der Waals surface area contributed by atoms with Crippen LogP contribution < -0.4 is 11.1 Å². The van der Waals surface area contributed by atoms with Gasteiger partial charge in [0.25, 0.3) is 5.91 Å². The number of nitrogens with one attached hydrogen (secondary N) is 1. The van der Waals surface area contributed by atoms with Gasteiger partial charge in [-0.15, -0.1) is 0 Å². The molecule has 19 heavy (non-hydrogen) atoms. The number of anilines is 1. The van der Waals surface area contributed by atoms with Crippen LogP contribution in [0.5, 0.6) is 0 Å². The fourth-order valence-electron chi connectivity index (χ4n) is 2.28. The number of nitrogens with two attached hydrogens (primary N) is 1. The normalized spacial score (nSPS) is 20.2. The first kappa shape index (κ1) is 13.8. The van der Waals surface area contributed by atoms with E-state index >= 15 is 0 Å². The molecule has 3 N–H and O–H groups in total. The van der Waals surface area contributed by atoms with Gasteiger partial charge in [-0.2, -0.15) is 0 Å². The van der Waals surface area contributed by atoms with E-state index < -0.39 is 0 Å². The van der Waals surface area contributed by atoms with Gasteiger partial charge in [0.15, 0.2) is 0 Å². The van der Waals surface area contributed by atoms with Gasteiger partial charge in [-0.05, 0) is 31.9 Å². The number of carbonyl (C=O) groups is 1. The molecule has 2 unspecified atom stereocenters. The molecular formula is C14H21N3O2. The first-order chi connectivity index (χ1) is 9.10. The summed E-state index contributed by atoms with van der Waals surface area (Å²) in [6.45, 7) is 5.51. The van der Waals surface area contributed by atoms with Gasteiger partial charge in [-0.25, -0.2) is 4.98 Å². The summed E-state index contributed by atoms with van der Waals surface area (Å²) in [5.74, 6) is 0.693. The van der Waals surface area contributed by atoms with Crippen molar-refractivity contribution in [2.24, 2.45) is 5.92 Å². The van der Waals surface area contributed by atoms with E-state index in [0.29, 0.717) is 17.3 Å². The summed E-state index contributed by atoms with van der Waals surface area (Å²) in [6, 6.07) is 3.52. The van der Waals surface area contributed by atoms with E-state index in [0.717, 1.165) is 31.7 Å². The smallest absolute Gasteiger partial charge is 0.251 e. The molecule has 1 aliphatic heterocycles. The van der Waals surface area contributed by atoms with Crippen molar-refractivity contribution in [3.05, 3.63) is 23.4 Å². The lowest BCUT2D eigenvalue weighted by Gasteiger charge is -2.19. The molecule has 0 saturated carbocycles. The summed E-state index contributed by atoms with van der Waals surface area (Å²) in [7, 11) is 0. The highest BCUT2D eigenvalue weighted by atomic mass is 16.5. The van der Waals surface area contributed by atoms with Crippen molar-refractivity contribution in [2.45, 2.75) is 32.7 Å². The summed E-state index contributed by atoms with van der Waals surface area (Å²) < 4.78 is 5.34. The van der Waals surface area contributed by atoms with Crippen molar-refractivity contribution in [1.29, 1.82) is 0 Å². The minimum absolute atomic E-state index is 0.0943. The van der Waals surface area contributed by atoms with Gasteiger partial charge < -0.3 is 15.8 Å². The topological polar surface area (TPSA) is 77.2 Å². The molecule has 2 rings (SSSR count). The number of pyridine rings is 1. The fourth-order valence-corrected chi connectivity index (χ4v) is 2.28. The summed E-state index contributed by atoms with van der Waals surface area (Å²) in [5, 5.41) is 3.01. The van der Waals surface area contributed by atoms with Crippen molar-refractivity contribution in [3.8, 4) is 0 Å². The van der Waals surface area contributed by atoms with Crippen molar-refractivity contribution >= 4 is 11.7 Å². The Hall–Kier alpha value is -1.62. The number of ether oxygens (including phenoxy) is 1. The summed E-state index contributed by atoms with van der Waals surface area (Å²) in [4.78, 5) is 16.4. The SMILES string of the molecule is CCc1cc(C(=O)NC(C)C2CCOC2)cc(N)n1. The van der Waals surface area contributed by atoms with Crippen molar-refractivity contribution in [3.63, 3.8) is 0 Å². The van der Waals surface area contributed by atoms with E-state index in [1.54, 1.807) is 12.1 Å². The Bertz CT molecular complexity index is 456. The molecule has 2 atom stereocenters. The average Bonchev–Trinajstić information content (AvgIpc) is 2.91. The second-order valence-corrected chi connectivity index (χ2v) is 5.01. The van der Waals surface area contributed by atoms with Gasteiger partial charge in [0.2, 0.25) is 0 Å². The van der Waals surface area contributed by atoms with Gasteiger partial charge in [0.05, 0.1) is 6.61 Å². The zero-order valence-electron chi connectivity index (χ0n) is 11.5. The van der Waals surface area contributed by atoms with Gasteiger partial charge in [0, 0.05) is 29.8 Å². The number of hydrogen-bond acceptors (Lipinski definition) is 4. The quantitative estimate of drug-likeness (QED) is 0.860. The molecule has 0 aliphatic carbocycles. The largest absolute Gasteiger partial charge is 0.384 e. The second-order valence-electron chi connectivity index (χ2n) is 5.01. The molecule has 5 heteroatoms. The van der Waals surface area contributed by atoms with Gasteiger partial charge >= 0.3 is 0 Å². The summed E-state index contributed by atoms with van der Waals surface area (Å²) in [5.41, 5.74) is 7.13. The number of nitrogens with zero attached hydrogens (tertiary/aromatic N) is 1. The first-order valence-electron chi connectivity index (χ1n) is 6.75. The van der Waals surface area contributed by atoms with E-state index in [2.05, 4.69) is 10.3 Å². The molecule has 2 heterocycles. The third-order valence-corrected chi connectivity index (χ3v) is 3.55. The van der Waals surface area contributed by atoms with Crippen molar-refractivity contribution in [1.82, 2.24) is 10.3 Å². The van der Waals surface area contributed by atoms with Crippen LogP contribution in [0.2, 0.25) is 0 Å². The third-order valence-electron chi connectivity index (χ3n) is 3.55. The number of amides is 1. The maximum Gasteiger partial charge on any atom is 0.251 e. The number of hydrogen-bond donors (Lipinski definition) is 2. The Morgan fingerprint density at radius 3 is 3.05 bits per heavy atom. The van der Waals surface area contributed by atoms with Crippen LogP contribution in [0.15, 0.2) is 12.1 Å². The van der Waals surface area contributed by atoms with E-state index in [1.807, 2.05) is 13.8 Å². The maximum absolute atomic E-state index is 12.2. The zero-order valence-corrected chi connectivity index (χ0v) is 11.5. The van der Waals surface area contributed by atoms with Crippen LogP contribution in [0.1, 0.15) is 36.3 Å². The molecule has 0 radical (unpaired) electrons. The Morgan fingerprint density at radius 2 is 2.42 bits per heavy atom. The minimum Gasteiger partial charge on any atom is -0.384 e. The summed E-state index contributed by atoms with van der Waals surface area (Å²) >= 11 is 0. The second kappa shape index (κ2) is 6.02. The highest BCUT2D eigenvalue weighted by molar-refractivity contribution is 5.95. The first-order valence-corrected chi connectivity index (χ1v) is 6.75. The molecule has 1 aromatic rings. The highest BCUT2D eigenvalue weighted by Crippen LogP contribution is 2.17. The Labute approximate surface area is 113 Å². The number of rotatable bonds is 4. The number of nitrogen functional groups attached to an aromatic ring is 1. The van der Waals surface area contributed by atoms with Crippen LogP contribution in [0.25, 0.3) is 0 Å². The fraction of sp³-hybridized carbons (Fsp3) is 0.571. The Balaban J connectivity index is 2.04. The van der Waals surface area contributed by atoms with Crippen molar-refractivity contribution < 1.29 is 9.53 Å². The lowest BCUT2D eigenvalue weighted by atomic mass is 10.0. The van der Waals surface area contributed by atoms with E-state index in [-0.39, 0.29) is 11.9 Å². The van der Waals surface area contributed by atoms with Crippen LogP contribution in [0.3, 0.4) is 0 Å². The Kier molecular flexibility index (Phi) is 4.37. The molecule has 1 saturated heterocycles.